The van der Waals surface area contributed by atoms with Crippen LogP contribution in [0, 0.1) is 6.92 Å². The van der Waals surface area contributed by atoms with Crippen molar-refractivity contribution in [3.8, 4) is 28.3 Å². The topological polar surface area (TPSA) is 127 Å². The normalized spacial score (nSPS) is 14.5. The first-order valence-electron chi connectivity index (χ1n) is 13.5. The number of halogens is 1. The second-order valence-corrected chi connectivity index (χ2v) is 10.4. The summed E-state index contributed by atoms with van der Waals surface area (Å²) in [6.07, 6.45) is 2.81. The van der Waals surface area contributed by atoms with Crippen molar-refractivity contribution in [2.45, 2.75) is 32.4 Å². The van der Waals surface area contributed by atoms with Crippen molar-refractivity contribution in [1.29, 1.82) is 0 Å². The van der Waals surface area contributed by atoms with E-state index in [1.165, 1.54) is 19.3 Å². The number of rotatable bonds is 9. The van der Waals surface area contributed by atoms with Crippen LogP contribution in [0.4, 0.5) is 5.69 Å². The average Bonchev–Trinajstić information content (AvgIpc) is 3.40. The smallest absolute Gasteiger partial charge is 0.279 e. The molecule has 1 fully saturated rings. The van der Waals surface area contributed by atoms with Crippen molar-refractivity contribution in [2.24, 2.45) is 7.05 Å². The molecule has 1 saturated heterocycles. The van der Waals surface area contributed by atoms with Crippen LogP contribution in [0.3, 0.4) is 0 Å². The van der Waals surface area contributed by atoms with E-state index in [0.717, 1.165) is 38.9 Å². The minimum atomic E-state index is -0.517. The van der Waals surface area contributed by atoms with Gasteiger partial charge in [0.15, 0.2) is 0 Å². The van der Waals surface area contributed by atoms with Crippen molar-refractivity contribution in [3.63, 3.8) is 0 Å². The minimum Gasteiger partial charge on any atom is -0.481 e. The highest BCUT2D eigenvalue weighted by atomic mass is 35.5. The Kier molecular flexibility index (Phi) is 8.65. The molecule has 0 aliphatic carbocycles. The van der Waals surface area contributed by atoms with E-state index in [4.69, 9.17) is 21.3 Å². The van der Waals surface area contributed by atoms with Crippen LogP contribution in [0.1, 0.15) is 34.3 Å². The molecule has 0 spiro atoms. The number of carbonyl (C=O) groups excluding carboxylic acids is 2. The fourth-order valence-electron chi connectivity index (χ4n) is 5.01. The molecule has 42 heavy (non-hydrogen) atoms. The van der Waals surface area contributed by atoms with Gasteiger partial charge in [0.05, 0.1) is 17.8 Å². The molecule has 3 heterocycles. The zero-order valence-electron chi connectivity index (χ0n) is 23.5. The number of methoxy groups -OCH3 is 1. The Morgan fingerprint density at radius 1 is 1.10 bits per heavy atom. The molecular formula is C31H31ClN6O4. The summed E-state index contributed by atoms with van der Waals surface area (Å²) in [5.74, 6) is 0.0604. The second-order valence-electron chi connectivity index (χ2n) is 10.1. The molecule has 2 amide bonds. The summed E-state index contributed by atoms with van der Waals surface area (Å²) >= 11 is 6.98. The molecule has 5 rings (SSSR count). The van der Waals surface area contributed by atoms with Crippen molar-refractivity contribution >= 4 is 29.1 Å². The standard InChI is InChI=1S/C31H31ClN6O4/c1-18-21(6-5-9-25(18)36-29(40)24-14-15-34-38(2)31(24)41)22-7-4-8-23(28(22)32)26-12-10-19(30(37-26)42-3)16-33-17-20-11-13-27(39)35-20/h4-10,12,14-15,20,33H,11,13,16-17H2,1-3H3,(H,35,39)(H,36,40). The quantitative estimate of drug-likeness (QED) is 0.269. The lowest BCUT2D eigenvalue weighted by atomic mass is 9.96. The zero-order chi connectivity index (χ0) is 29.8. The van der Waals surface area contributed by atoms with Crippen LogP contribution in [-0.2, 0) is 18.4 Å². The fourth-order valence-corrected chi connectivity index (χ4v) is 5.34. The maximum absolute atomic E-state index is 12.9. The lowest BCUT2D eigenvalue weighted by Gasteiger charge is -2.16. The van der Waals surface area contributed by atoms with Gasteiger partial charge in [-0.15, -0.1) is 0 Å². The first-order valence-corrected chi connectivity index (χ1v) is 13.9. The van der Waals surface area contributed by atoms with E-state index in [1.807, 2.05) is 49.4 Å². The number of hydrogen-bond donors (Lipinski definition) is 3. The molecule has 1 aliphatic rings. The van der Waals surface area contributed by atoms with Crippen molar-refractivity contribution in [3.05, 3.63) is 92.9 Å². The van der Waals surface area contributed by atoms with E-state index in [9.17, 15) is 14.4 Å². The highest BCUT2D eigenvalue weighted by Gasteiger charge is 2.21. The van der Waals surface area contributed by atoms with Gasteiger partial charge in [-0.05, 0) is 42.7 Å². The molecule has 3 N–H and O–H groups in total. The highest BCUT2D eigenvalue weighted by Crippen LogP contribution is 2.39. The van der Waals surface area contributed by atoms with Gasteiger partial charge >= 0.3 is 0 Å². The number of aromatic nitrogens is 3. The van der Waals surface area contributed by atoms with Crippen LogP contribution in [0.5, 0.6) is 5.88 Å². The van der Waals surface area contributed by atoms with Gasteiger partial charge < -0.3 is 20.7 Å². The number of carbonyl (C=O) groups is 2. The van der Waals surface area contributed by atoms with Crippen molar-refractivity contribution < 1.29 is 14.3 Å². The van der Waals surface area contributed by atoms with Gasteiger partial charge in [0.1, 0.15) is 5.56 Å². The van der Waals surface area contributed by atoms with Gasteiger partial charge in [-0.3, -0.25) is 14.4 Å². The highest BCUT2D eigenvalue weighted by molar-refractivity contribution is 6.36. The summed E-state index contributed by atoms with van der Waals surface area (Å²) in [5, 5.41) is 13.5. The Hall–Kier alpha value is -4.54. The largest absolute Gasteiger partial charge is 0.481 e. The van der Waals surface area contributed by atoms with Crippen LogP contribution in [0.15, 0.2) is 65.6 Å². The minimum absolute atomic E-state index is 0.00121. The van der Waals surface area contributed by atoms with Crippen LogP contribution in [0.2, 0.25) is 5.02 Å². The number of benzene rings is 2. The van der Waals surface area contributed by atoms with Crippen LogP contribution in [-0.4, -0.2) is 46.3 Å². The van der Waals surface area contributed by atoms with Gasteiger partial charge in [0.25, 0.3) is 11.5 Å². The molecule has 1 atom stereocenters. The number of anilines is 1. The molecule has 11 heteroatoms. The average molecular weight is 587 g/mol. The number of nitrogens with zero attached hydrogens (tertiary/aromatic N) is 3. The fraction of sp³-hybridized carbons (Fsp3) is 0.258. The third kappa shape index (κ3) is 6.05. The number of amides is 2. The summed E-state index contributed by atoms with van der Waals surface area (Å²) in [7, 11) is 3.07. The Morgan fingerprint density at radius 2 is 1.86 bits per heavy atom. The Balaban J connectivity index is 1.38. The predicted octanol–water partition coefficient (Wildman–Crippen LogP) is 4.10. The van der Waals surface area contributed by atoms with E-state index in [1.54, 1.807) is 13.2 Å². The molecule has 216 valence electrons. The van der Waals surface area contributed by atoms with Gasteiger partial charge in [0.2, 0.25) is 11.8 Å². The first kappa shape index (κ1) is 29.0. The molecule has 1 unspecified atom stereocenters. The summed E-state index contributed by atoms with van der Waals surface area (Å²) < 4.78 is 6.71. The molecule has 10 nitrogen and oxygen atoms in total. The van der Waals surface area contributed by atoms with Gasteiger partial charge in [-0.1, -0.05) is 48.0 Å². The summed E-state index contributed by atoms with van der Waals surface area (Å²) in [6.45, 7) is 3.10. The molecule has 0 radical (unpaired) electrons. The van der Waals surface area contributed by atoms with E-state index < -0.39 is 11.5 Å². The Labute approximate surface area is 248 Å². The number of pyridine rings is 1. The summed E-state index contributed by atoms with van der Waals surface area (Å²) in [6, 6.07) is 16.6. The molecule has 0 bridgehead atoms. The van der Waals surface area contributed by atoms with E-state index in [0.29, 0.717) is 41.8 Å². The number of nitrogens with one attached hydrogen (secondary N) is 3. The monoisotopic (exact) mass is 586 g/mol. The molecule has 4 aromatic rings. The molecule has 2 aromatic heterocycles. The summed E-state index contributed by atoms with van der Waals surface area (Å²) in [5.41, 5.74) is 4.75. The second kappa shape index (κ2) is 12.5. The van der Waals surface area contributed by atoms with Crippen LogP contribution >= 0.6 is 11.6 Å². The van der Waals surface area contributed by atoms with E-state index in [-0.39, 0.29) is 17.5 Å². The third-order valence-corrected chi connectivity index (χ3v) is 7.73. The molecule has 2 aromatic carbocycles. The SMILES string of the molecule is COc1nc(-c2cccc(-c3cccc(NC(=O)c4ccnn(C)c4=O)c3C)c2Cl)ccc1CNCC1CCC(=O)N1. The van der Waals surface area contributed by atoms with Gasteiger partial charge in [-0.25, -0.2) is 9.67 Å². The molecular weight excluding hydrogens is 556 g/mol. The Morgan fingerprint density at radius 3 is 2.62 bits per heavy atom. The van der Waals surface area contributed by atoms with Gasteiger partial charge in [-0.2, -0.15) is 5.10 Å². The van der Waals surface area contributed by atoms with Crippen LogP contribution in [0.25, 0.3) is 22.4 Å². The van der Waals surface area contributed by atoms with E-state index in [2.05, 4.69) is 21.0 Å². The predicted molar refractivity (Wildman–Crippen MR) is 162 cm³/mol. The maximum atomic E-state index is 12.9. The van der Waals surface area contributed by atoms with Crippen LogP contribution < -0.4 is 26.2 Å². The zero-order valence-corrected chi connectivity index (χ0v) is 24.3. The van der Waals surface area contributed by atoms with E-state index >= 15 is 0 Å². The maximum Gasteiger partial charge on any atom is 0.279 e. The van der Waals surface area contributed by atoms with Crippen molar-refractivity contribution in [1.82, 2.24) is 25.4 Å². The number of aryl methyl sites for hydroxylation is 1. The molecule has 1 aliphatic heterocycles. The Bertz CT molecular complexity index is 1720. The molecule has 0 saturated carbocycles. The number of hydrogen-bond acceptors (Lipinski definition) is 7. The van der Waals surface area contributed by atoms with Crippen molar-refractivity contribution in [2.75, 3.05) is 19.0 Å². The lowest BCUT2D eigenvalue weighted by Crippen LogP contribution is -2.35. The summed E-state index contributed by atoms with van der Waals surface area (Å²) in [4.78, 5) is 41.5. The third-order valence-electron chi connectivity index (χ3n) is 7.32. The first-order chi connectivity index (χ1) is 20.3. The number of ether oxygens (including phenoxy) is 1. The van der Waals surface area contributed by atoms with Gasteiger partial charge in [0, 0.05) is 61.2 Å². The lowest BCUT2D eigenvalue weighted by molar-refractivity contribution is -0.119.